The van der Waals surface area contributed by atoms with Crippen LogP contribution in [-0.2, 0) is 0 Å². The quantitative estimate of drug-likeness (QED) is 0.180. The Morgan fingerprint density at radius 2 is 1.35 bits per heavy atom. The number of allylic oxidation sites excluding steroid dienone is 7. The maximum absolute atomic E-state index is 3.84. The lowest BCUT2D eigenvalue weighted by Gasteiger charge is -2.26. The van der Waals surface area contributed by atoms with Crippen LogP contribution in [0, 0.1) is 13.8 Å². The van der Waals surface area contributed by atoms with E-state index in [1.807, 2.05) is 30.4 Å². The Kier molecular flexibility index (Phi) is 10.0. The minimum Gasteiger partial charge on any atom is -0.316 e. The van der Waals surface area contributed by atoms with Crippen LogP contribution in [-0.4, -0.2) is 0 Å². The maximum atomic E-state index is 3.84. The van der Waals surface area contributed by atoms with Gasteiger partial charge >= 0.3 is 0 Å². The van der Waals surface area contributed by atoms with E-state index >= 15 is 0 Å². The summed E-state index contributed by atoms with van der Waals surface area (Å²) in [5.41, 5.74) is 9.89. The third-order valence-electron chi connectivity index (χ3n) is 7.56. The van der Waals surface area contributed by atoms with Gasteiger partial charge in [-0.05, 0) is 67.0 Å². The van der Waals surface area contributed by atoms with E-state index in [1.54, 1.807) is 0 Å². The molecule has 1 heteroatoms. The minimum atomic E-state index is 1.03. The molecule has 0 aliphatic heterocycles. The molecule has 5 aromatic rings. The van der Waals surface area contributed by atoms with Gasteiger partial charge in [-0.1, -0.05) is 157 Å². The van der Waals surface area contributed by atoms with Crippen LogP contribution in [0.2, 0.25) is 0 Å². The van der Waals surface area contributed by atoms with Gasteiger partial charge in [-0.2, -0.15) is 0 Å². The standard InChI is InChI=1S/C35H31N.C7H8/c1-3-4-13-30-22-25-35(33-19-12-11-18-32(30)33)36(31-23-20-27(2)21-24-31)26-34(28-14-7-5-8-15-28)29-16-9-6-10-17-29;1-7-5-3-2-4-6-7/h3-9,11-16,18-26H,1,10,17H2,2H3;2-6H,1H3/b13-4+,34-26+;. The topological polar surface area (TPSA) is 3.24 Å². The molecule has 0 radical (unpaired) electrons. The molecule has 0 fully saturated rings. The summed E-state index contributed by atoms with van der Waals surface area (Å²) in [6, 6.07) is 42.9. The molecule has 212 valence electrons. The normalized spacial score (nSPS) is 12.9. The number of hydrogen-bond acceptors (Lipinski definition) is 1. The van der Waals surface area contributed by atoms with Crippen LogP contribution in [0.4, 0.5) is 11.4 Å². The predicted octanol–water partition coefficient (Wildman–Crippen LogP) is 11.8. The second kappa shape index (κ2) is 14.7. The van der Waals surface area contributed by atoms with Gasteiger partial charge in [0.15, 0.2) is 0 Å². The van der Waals surface area contributed by atoms with E-state index in [1.165, 1.54) is 44.2 Å². The van der Waals surface area contributed by atoms with Gasteiger partial charge in [0.2, 0.25) is 0 Å². The molecule has 6 rings (SSSR count). The second-order valence-corrected chi connectivity index (χ2v) is 10.7. The molecule has 5 aromatic carbocycles. The highest BCUT2D eigenvalue weighted by Crippen LogP contribution is 2.38. The molecular weight excluding hydrogens is 518 g/mol. The molecule has 0 aromatic heterocycles. The summed E-state index contributed by atoms with van der Waals surface area (Å²) < 4.78 is 0. The van der Waals surface area contributed by atoms with Crippen molar-refractivity contribution in [1.29, 1.82) is 0 Å². The van der Waals surface area contributed by atoms with Crippen LogP contribution < -0.4 is 4.90 Å². The van der Waals surface area contributed by atoms with Gasteiger partial charge in [0, 0.05) is 22.8 Å². The maximum Gasteiger partial charge on any atom is 0.0534 e. The van der Waals surface area contributed by atoms with E-state index in [2.05, 4.69) is 159 Å². The summed E-state index contributed by atoms with van der Waals surface area (Å²) in [5, 5.41) is 2.44. The van der Waals surface area contributed by atoms with E-state index in [-0.39, 0.29) is 0 Å². The monoisotopic (exact) mass is 557 g/mol. The molecule has 0 unspecified atom stereocenters. The van der Waals surface area contributed by atoms with Crippen molar-refractivity contribution in [3.63, 3.8) is 0 Å². The lowest BCUT2D eigenvalue weighted by molar-refractivity contribution is 0.994. The Bertz CT molecular complexity index is 1770. The average Bonchev–Trinajstić information content (AvgIpc) is 3.06. The molecule has 0 saturated heterocycles. The number of rotatable bonds is 7. The third kappa shape index (κ3) is 7.58. The van der Waals surface area contributed by atoms with Gasteiger partial charge in [0.1, 0.15) is 0 Å². The molecule has 1 nitrogen and oxygen atoms in total. The number of hydrogen-bond donors (Lipinski definition) is 0. The van der Waals surface area contributed by atoms with Crippen molar-refractivity contribution in [2.75, 3.05) is 4.90 Å². The van der Waals surface area contributed by atoms with Gasteiger partial charge in [0.05, 0.1) is 5.69 Å². The fourth-order valence-electron chi connectivity index (χ4n) is 5.27. The van der Waals surface area contributed by atoms with Crippen molar-refractivity contribution in [1.82, 2.24) is 0 Å². The second-order valence-electron chi connectivity index (χ2n) is 10.7. The molecule has 1 aliphatic rings. The molecule has 0 amide bonds. The van der Waals surface area contributed by atoms with Gasteiger partial charge in [-0.15, -0.1) is 0 Å². The molecule has 0 atom stereocenters. The number of benzene rings is 5. The lowest BCUT2D eigenvalue weighted by Crippen LogP contribution is -2.11. The van der Waals surface area contributed by atoms with Crippen LogP contribution in [0.1, 0.15) is 35.1 Å². The Balaban J connectivity index is 0.000000463. The molecule has 43 heavy (non-hydrogen) atoms. The number of nitrogens with zero attached hydrogens (tertiary/aromatic N) is 1. The predicted molar refractivity (Wildman–Crippen MR) is 189 cm³/mol. The van der Waals surface area contributed by atoms with Crippen LogP contribution >= 0.6 is 0 Å². The van der Waals surface area contributed by atoms with Crippen molar-refractivity contribution in [2.45, 2.75) is 26.7 Å². The molecule has 0 spiro atoms. The average molecular weight is 558 g/mol. The van der Waals surface area contributed by atoms with Gasteiger partial charge in [-0.25, -0.2) is 0 Å². The third-order valence-corrected chi connectivity index (χ3v) is 7.56. The fourth-order valence-corrected chi connectivity index (χ4v) is 5.27. The van der Waals surface area contributed by atoms with E-state index in [0.717, 1.165) is 24.2 Å². The van der Waals surface area contributed by atoms with Crippen LogP contribution in [0.5, 0.6) is 0 Å². The van der Waals surface area contributed by atoms with Crippen LogP contribution in [0.3, 0.4) is 0 Å². The minimum absolute atomic E-state index is 1.03. The molecular formula is C42H39N. The highest BCUT2D eigenvalue weighted by Gasteiger charge is 2.16. The summed E-state index contributed by atoms with van der Waals surface area (Å²) in [6.07, 6.45) is 17.1. The molecule has 0 saturated carbocycles. The van der Waals surface area contributed by atoms with Crippen molar-refractivity contribution < 1.29 is 0 Å². The highest BCUT2D eigenvalue weighted by molar-refractivity contribution is 6.02. The number of aryl methyl sites for hydroxylation is 2. The lowest BCUT2D eigenvalue weighted by atomic mass is 9.92. The van der Waals surface area contributed by atoms with Crippen molar-refractivity contribution in [3.8, 4) is 0 Å². The molecule has 0 bridgehead atoms. The zero-order chi connectivity index (χ0) is 29.9. The van der Waals surface area contributed by atoms with E-state index in [4.69, 9.17) is 0 Å². The zero-order valence-corrected chi connectivity index (χ0v) is 25.2. The zero-order valence-electron chi connectivity index (χ0n) is 25.2. The Labute approximate surface area is 257 Å². The van der Waals surface area contributed by atoms with Crippen LogP contribution in [0.15, 0.2) is 170 Å². The van der Waals surface area contributed by atoms with Crippen molar-refractivity contribution >= 4 is 33.8 Å². The van der Waals surface area contributed by atoms with Crippen molar-refractivity contribution in [3.05, 3.63) is 192 Å². The summed E-state index contributed by atoms with van der Waals surface area (Å²) in [7, 11) is 0. The Morgan fingerprint density at radius 1 is 0.698 bits per heavy atom. The first-order valence-electron chi connectivity index (χ1n) is 15.0. The van der Waals surface area contributed by atoms with Crippen molar-refractivity contribution in [2.24, 2.45) is 0 Å². The van der Waals surface area contributed by atoms with E-state index < -0.39 is 0 Å². The Morgan fingerprint density at radius 3 is 1.98 bits per heavy atom. The Hall–Kier alpha value is -5.14. The van der Waals surface area contributed by atoms with Gasteiger partial charge < -0.3 is 4.90 Å². The first-order valence-corrected chi connectivity index (χ1v) is 15.0. The largest absolute Gasteiger partial charge is 0.316 e. The van der Waals surface area contributed by atoms with E-state index in [0.29, 0.717) is 0 Å². The molecule has 0 heterocycles. The summed E-state index contributed by atoms with van der Waals surface area (Å²) in [5.74, 6) is 0. The van der Waals surface area contributed by atoms with Gasteiger partial charge in [-0.3, -0.25) is 0 Å². The number of anilines is 2. The summed E-state index contributed by atoms with van der Waals surface area (Å²) in [4.78, 5) is 2.35. The number of fused-ring (bicyclic) bond motifs is 1. The first-order chi connectivity index (χ1) is 21.1. The fraction of sp³-hybridized carbons (Fsp3) is 0.0952. The smallest absolute Gasteiger partial charge is 0.0534 e. The summed E-state index contributed by atoms with van der Waals surface area (Å²) in [6.45, 7) is 8.06. The molecule has 1 aliphatic carbocycles. The van der Waals surface area contributed by atoms with Gasteiger partial charge in [0.25, 0.3) is 0 Å². The highest BCUT2D eigenvalue weighted by atomic mass is 15.1. The summed E-state index contributed by atoms with van der Waals surface area (Å²) >= 11 is 0. The first kappa shape index (κ1) is 29.4. The van der Waals surface area contributed by atoms with E-state index in [9.17, 15) is 0 Å². The van der Waals surface area contributed by atoms with Crippen LogP contribution in [0.25, 0.3) is 22.4 Å². The molecule has 0 N–H and O–H groups in total. The SMILES string of the molecule is C=C/C=C/c1ccc(N(/C=C(/C2=CC=CCC2)c2ccccc2)c2ccc(C)cc2)c2ccccc12.Cc1ccccc1.